The van der Waals surface area contributed by atoms with Crippen molar-refractivity contribution in [3.63, 3.8) is 0 Å². The molecule has 5 heteroatoms. The van der Waals surface area contributed by atoms with Crippen LogP contribution in [0.2, 0.25) is 0 Å². The van der Waals surface area contributed by atoms with Gasteiger partial charge in [-0.15, -0.1) is 6.58 Å². The van der Waals surface area contributed by atoms with Crippen LogP contribution in [0.1, 0.15) is 17.3 Å². The molecule has 0 radical (unpaired) electrons. The number of hydrogen-bond acceptors (Lipinski definition) is 3. The molecule has 0 bridgehead atoms. The van der Waals surface area contributed by atoms with Gasteiger partial charge in [0.05, 0.1) is 18.3 Å². The van der Waals surface area contributed by atoms with Gasteiger partial charge in [0.25, 0.3) is 5.91 Å². The molecule has 1 amide bonds. The topological polar surface area (TPSA) is 64.3 Å². The molecule has 4 nitrogen and oxygen atoms in total. The summed E-state index contributed by atoms with van der Waals surface area (Å²) in [6, 6.07) is 3.68. The van der Waals surface area contributed by atoms with E-state index in [2.05, 4.69) is 11.9 Å². The zero-order chi connectivity index (χ0) is 13.5. The van der Waals surface area contributed by atoms with Gasteiger partial charge in [0.2, 0.25) is 0 Å². The number of rotatable bonds is 6. The number of carbonyl (C=O) groups excluding carboxylic acids is 1. The standard InChI is InChI=1S/C13H17FN2O2/c1-3-6-18-9(2)8-16-13(17)11-7-10(14)4-5-12(11)15/h3-5,7,9H,1,6,8,15H2,2H3,(H,16,17). The third-order valence-corrected chi connectivity index (χ3v) is 2.31. The normalized spacial score (nSPS) is 11.9. The average Bonchev–Trinajstić information content (AvgIpc) is 2.36. The first-order valence-corrected chi connectivity index (χ1v) is 5.60. The predicted octanol–water partition coefficient (Wildman–Crippen LogP) is 1.73. The molecule has 1 aromatic carbocycles. The van der Waals surface area contributed by atoms with Crippen LogP contribution in [0.3, 0.4) is 0 Å². The smallest absolute Gasteiger partial charge is 0.253 e. The maximum atomic E-state index is 13.0. The molecular weight excluding hydrogens is 235 g/mol. The summed E-state index contributed by atoms with van der Waals surface area (Å²) in [5.41, 5.74) is 5.98. The Kier molecular flexibility index (Phi) is 5.32. The summed E-state index contributed by atoms with van der Waals surface area (Å²) < 4.78 is 18.3. The lowest BCUT2D eigenvalue weighted by molar-refractivity contribution is 0.0770. The van der Waals surface area contributed by atoms with Crippen molar-refractivity contribution in [2.24, 2.45) is 0 Å². The molecule has 1 rings (SSSR count). The zero-order valence-electron chi connectivity index (χ0n) is 10.3. The number of nitrogens with one attached hydrogen (secondary N) is 1. The molecule has 0 saturated carbocycles. The minimum Gasteiger partial charge on any atom is -0.398 e. The lowest BCUT2D eigenvalue weighted by Gasteiger charge is -2.13. The van der Waals surface area contributed by atoms with Crippen molar-refractivity contribution in [1.82, 2.24) is 5.32 Å². The van der Waals surface area contributed by atoms with Crippen molar-refractivity contribution in [3.8, 4) is 0 Å². The fourth-order valence-corrected chi connectivity index (χ4v) is 1.35. The van der Waals surface area contributed by atoms with Crippen LogP contribution >= 0.6 is 0 Å². The Morgan fingerprint density at radius 3 is 3.06 bits per heavy atom. The van der Waals surface area contributed by atoms with Crippen molar-refractivity contribution in [2.45, 2.75) is 13.0 Å². The number of hydrogen-bond donors (Lipinski definition) is 2. The Labute approximate surface area is 106 Å². The molecule has 18 heavy (non-hydrogen) atoms. The van der Waals surface area contributed by atoms with E-state index < -0.39 is 11.7 Å². The molecule has 1 atom stereocenters. The van der Waals surface area contributed by atoms with Crippen molar-refractivity contribution < 1.29 is 13.9 Å². The van der Waals surface area contributed by atoms with Gasteiger partial charge in [-0.05, 0) is 25.1 Å². The van der Waals surface area contributed by atoms with E-state index in [-0.39, 0.29) is 17.4 Å². The van der Waals surface area contributed by atoms with Crippen molar-refractivity contribution in [1.29, 1.82) is 0 Å². The van der Waals surface area contributed by atoms with Crippen LogP contribution in [0.4, 0.5) is 10.1 Å². The first-order valence-electron chi connectivity index (χ1n) is 5.60. The molecule has 0 aliphatic heterocycles. The van der Waals surface area contributed by atoms with Gasteiger partial charge in [0.15, 0.2) is 0 Å². The Balaban J connectivity index is 2.55. The van der Waals surface area contributed by atoms with E-state index in [9.17, 15) is 9.18 Å². The second-order valence-corrected chi connectivity index (χ2v) is 3.87. The number of nitrogens with two attached hydrogens (primary N) is 1. The highest BCUT2D eigenvalue weighted by atomic mass is 19.1. The summed E-state index contributed by atoms with van der Waals surface area (Å²) in [7, 11) is 0. The highest BCUT2D eigenvalue weighted by molar-refractivity contribution is 5.99. The SMILES string of the molecule is C=CCOC(C)CNC(=O)c1cc(F)ccc1N. The Morgan fingerprint density at radius 2 is 2.39 bits per heavy atom. The Bertz CT molecular complexity index is 435. The third kappa shape index (κ3) is 4.18. The van der Waals surface area contributed by atoms with Crippen molar-refractivity contribution in [3.05, 3.63) is 42.2 Å². The van der Waals surface area contributed by atoms with Crippen LogP contribution in [0.5, 0.6) is 0 Å². The summed E-state index contributed by atoms with van der Waals surface area (Å²) in [5, 5.41) is 2.63. The first kappa shape index (κ1) is 14.2. The van der Waals surface area contributed by atoms with E-state index in [0.717, 1.165) is 6.07 Å². The number of anilines is 1. The maximum Gasteiger partial charge on any atom is 0.253 e. The Hall–Kier alpha value is -1.88. The highest BCUT2D eigenvalue weighted by Crippen LogP contribution is 2.12. The van der Waals surface area contributed by atoms with E-state index in [0.29, 0.717) is 13.2 Å². The molecule has 0 fully saturated rings. The number of carbonyl (C=O) groups is 1. The lowest BCUT2D eigenvalue weighted by atomic mass is 10.1. The number of nitrogen functional groups attached to an aromatic ring is 1. The second kappa shape index (κ2) is 6.76. The number of amides is 1. The van der Waals surface area contributed by atoms with E-state index in [4.69, 9.17) is 10.5 Å². The minimum atomic E-state index is -0.495. The van der Waals surface area contributed by atoms with Crippen LogP contribution < -0.4 is 11.1 Å². The molecule has 1 unspecified atom stereocenters. The summed E-state index contributed by atoms with van der Waals surface area (Å²) in [6.07, 6.45) is 1.48. The highest BCUT2D eigenvalue weighted by Gasteiger charge is 2.11. The van der Waals surface area contributed by atoms with Gasteiger partial charge in [-0.1, -0.05) is 6.08 Å². The van der Waals surface area contributed by atoms with Gasteiger partial charge in [0, 0.05) is 12.2 Å². The van der Waals surface area contributed by atoms with Gasteiger partial charge >= 0.3 is 0 Å². The molecule has 0 saturated heterocycles. The fraction of sp³-hybridized carbons (Fsp3) is 0.308. The van der Waals surface area contributed by atoms with Crippen LogP contribution in [-0.4, -0.2) is 25.2 Å². The molecule has 1 aromatic rings. The van der Waals surface area contributed by atoms with Gasteiger partial charge in [-0.3, -0.25) is 4.79 Å². The quantitative estimate of drug-likeness (QED) is 0.598. The molecule has 3 N–H and O–H groups in total. The van der Waals surface area contributed by atoms with E-state index >= 15 is 0 Å². The fourth-order valence-electron chi connectivity index (χ4n) is 1.35. The summed E-state index contributed by atoms with van der Waals surface area (Å²) >= 11 is 0. The lowest BCUT2D eigenvalue weighted by Crippen LogP contribution is -2.32. The van der Waals surface area contributed by atoms with Crippen LogP contribution in [0, 0.1) is 5.82 Å². The molecule has 0 spiro atoms. The summed E-state index contributed by atoms with van der Waals surface area (Å²) in [5.74, 6) is -0.911. The van der Waals surface area contributed by atoms with Crippen LogP contribution in [0.15, 0.2) is 30.9 Å². The Morgan fingerprint density at radius 1 is 1.67 bits per heavy atom. The average molecular weight is 252 g/mol. The summed E-state index contributed by atoms with van der Waals surface area (Å²) in [4.78, 5) is 11.8. The molecule has 0 aromatic heterocycles. The van der Waals surface area contributed by atoms with Crippen molar-refractivity contribution in [2.75, 3.05) is 18.9 Å². The second-order valence-electron chi connectivity index (χ2n) is 3.87. The minimum absolute atomic E-state index is 0.130. The van der Waals surface area contributed by atoms with Gasteiger partial charge < -0.3 is 15.8 Å². The molecular formula is C13H17FN2O2. The van der Waals surface area contributed by atoms with Crippen molar-refractivity contribution >= 4 is 11.6 Å². The number of halogens is 1. The molecule has 98 valence electrons. The number of benzene rings is 1. The predicted molar refractivity (Wildman–Crippen MR) is 68.8 cm³/mol. The maximum absolute atomic E-state index is 13.0. The zero-order valence-corrected chi connectivity index (χ0v) is 10.3. The summed E-state index contributed by atoms with van der Waals surface area (Å²) in [6.45, 7) is 6.08. The van der Waals surface area contributed by atoms with E-state index in [1.807, 2.05) is 6.92 Å². The molecule has 0 aliphatic carbocycles. The monoisotopic (exact) mass is 252 g/mol. The first-order chi connectivity index (χ1) is 8.54. The van der Waals surface area contributed by atoms with Gasteiger partial charge in [-0.25, -0.2) is 4.39 Å². The van der Waals surface area contributed by atoms with Crippen LogP contribution in [0.25, 0.3) is 0 Å². The van der Waals surface area contributed by atoms with E-state index in [1.54, 1.807) is 6.08 Å². The third-order valence-electron chi connectivity index (χ3n) is 2.31. The van der Waals surface area contributed by atoms with Crippen LogP contribution in [-0.2, 0) is 4.74 Å². The largest absolute Gasteiger partial charge is 0.398 e. The van der Waals surface area contributed by atoms with E-state index in [1.165, 1.54) is 12.1 Å². The molecule has 0 aliphatic rings. The van der Waals surface area contributed by atoms with Gasteiger partial charge in [-0.2, -0.15) is 0 Å². The molecule has 0 heterocycles. The van der Waals surface area contributed by atoms with Gasteiger partial charge in [0.1, 0.15) is 5.82 Å². The number of ether oxygens (including phenoxy) is 1.